The molecule has 1 N–H and O–H groups in total. The number of ether oxygens (including phenoxy) is 1. The number of piperidine rings is 1. The zero-order valence-electron chi connectivity index (χ0n) is 19.3. The predicted molar refractivity (Wildman–Crippen MR) is 128 cm³/mol. The van der Waals surface area contributed by atoms with E-state index in [9.17, 15) is 14.0 Å². The van der Waals surface area contributed by atoms with Gasteiger partial charge >= 0.3 is 12.0 Å². The van der Waals surface area contributed by atoms with Crippen molar-refractivity contribution in [3.05, 3.63) is 60.4 Å². The van der Waals surface area contributed by atoms with E-state index in [2.05, 4.69) is 27.1 Å². The summed E-state index contributed by atoms with van der Waals surface area (Å²) in [6.45, 7) is 2.00. The summed E-state index contributed by atoms with van der Waals surface area (Å²) >= 11 is 0. The number of amides is 2. The molecule has 1 fully saturated rings. The topological polar surface area (TPSA) is 61.9 Å². The minimum absolute atomic E-state index is 0.0175. The number of nitrogens with one attached hydrogen (secondary N) is 1. The van der Waals surface area contributed by atoms with Crippen molar-refractivity contribution in [3.8, 4) is 0 Å². The molecule has 7 heteroatoms. The second kappa shape index (κ2) is 12.8. The molecule has 0 unspecified atom stereocenters. The molecular weight excluding hydrogens is 421 g/mol. The number of benzene rings is 2. The highest BCUT2D eigenvalue weighted by atomic mass is 19.1. The lowest BCUT2D eigenvalue weighted by Crippen LogP contribution is -2.48. The number of rotatable bonds is 10. The Morgan fingerprint density at radius 2 is 1.61 bits per heavy atom. The van der Waals surface area contributed by atoms with Gasteiger partial charge in [0.25, 0.3) is 0 Å². The molecule has 178 valence electrons. The molecule has 1 saturated heterocycles. The van der Waals surface area contributed by atoms with Crippen LogP contribution in [-0.4, -0.2) is 49.7 Å². The first kappa shape index (κ1) is 24.6. The van der Waals surface area contributed by atoms with Gasteiger partial charge in [-0.2, -0.15) is 0 Å². The average Bonchev–Trinajstić information content (AvgIpc) is 2.85. The molecule has 1 aliphatic heterocycles. The van der Waals surface area contributed by atoms with E-state index in [1.54, 1.807) is 0 Å². The third kappa shape index (κ3) is 7.48. The van der Waals surface area contributed by atoms with E-state index in [0.717, 1.165) is 49.9 Å². The zero-order valence-corrected chi connectivity index (χ0v) is 19.3. The SMILES string of the molecule is COC(=O)CCCCCCNC(=O)N1CCC(N(c2ccccc2)c2ccc(F)cc2)CC1. The van der Waals surface area contributed by atoms with Crippen molar-refractivity contribution in [1.29, 1.82) is 0 Å². The van der Waals surface area contributed by atoms with Crippen molar-refractivity contribution in [3.63, 3.8) is 0 Å². The number of likely N-dealkylation sites (tertiary alicyclic amines) is 1. The zero-order chi connectivity index (χ0) is 23.5. The lowest BCUT2D eigenvalue weighted by molar-refractivity contribution is -0.140. The largest absolute Gasteiger partial charge is 0.469 e. The van der Waals surface area contributed by atoms with Gasteiger partial charge in [-0.25, -0.2) is 9.18 Å². The van der Waals surface area contributed by atoms with E-state index < -0.39 is 0 Å². The van der Waals surface area contributed by atoms with Crippen LogP contribution in [0.1, 0.15) is 44.9 Å². The molecule has 3 rings (SSSR count). The van der Waals surface area contributed by atoms with E-state index in [-0.39, 0.29) is 23.9 Å². The van der Waals surface area contributed by atoms with E-state index in [4.69, 9.17) is 0 Å². The maximum absolute atomic E-state index is 13.5. The van der Waals surface area contributed by atoms with Crippen molar-refractivity contribution in [2.75, 3.05) is 31.6 Å². The van der Waals surface area contributed by atoms with Gasteiger partial charge in [-0.05, 0) is 62.1 Å². The lowest BCUT2D eigenvalue weighted by Gasteiger charge is -2.40. The number of para-hydroxylation sites is 1. The molecule has 33 heavy (non-hydrogen) atoms. The van der Waals surface area contributed by atoms with Gasteiger partial charge in [0, 0.05) is 43.5 Å². The lowest BCUT2D eigenvalue weighted by atomic mass is 10.0. The standard InChI is InChI=1S/C26H34FN3O3/c1-33-25(31)11-7-2-3-8-18-28-26(32)29-19-16-24(17-20-29)30(22-9-5-4-6-10-22)23-14-12-21(27)13-15-23/h4-6,9-10,12-15,24H,2-3,7-8,11,16-20H2,1H3,(H,28,32). The van der Waals surface area contributed by atoms with Crippen molar-refractivity contribution >= 4 is 23.4 Å². The number of hydrogen-bond acceptors (Lipinski definition) is 4. The normalized spacial score (nSPS) is 14.1. The summed E-state index contributed by atoms with van der Waals surface area (Å²) in [4.78, 5) is 27.8. The van der Waals surface area contributed by atoms with Crippen LogP contribution >= 0.6 is 0 Å². The minimum atomic E-state index is -0.248. The molecule has 0 aliphatic carbocycles. The summed E-state index contributed by atoms with van der Waals surface area (Å²) in [6, 6.07) is 16.9. The second-order valence-corrected chi connectivity index (χ2v) is 8.37. The van der Waals surface area contributed by atoms with Gasteiger partial charge in [-0.3, -0.25) is 4.79 Å². The highest BCUT2D eigenvalue weighted by molar-refractivity contribution is 5.74. The number of halogens is 1. The summed E-state index contributed by atoms with van der Waals surface area (Å²) in [5, 5.41) is 3.02. The monoisotopic (exact) mass is 455 g/mol. The van der Waals surface area contributed by atoms with Gasteiger partial charge in [0.1, 0.15) is 5.82 Å². The molecule has 2 amide bonds. The van der Waals surface area contributed by atoms with Crippen LogP contribution in [0.5, 0.6) is 0 Å². The van der Waals surface area contributed by atoms with Crippen LogP contribution in [-0.2, 0) is 9.53 Å². The molecule has 0 radical (unpaired) electrons. The molecule has 1 aliphatic rings. The summed E-state index contributed by atoms with van der Waals surface area (Å²) in [5.41, 5.74) is 2.02. The van der Waals surface area contributed by atoms with Crippen LogP contribution in [0.4, 0.5) is 20.6 Å². The highest BCUT2D eigenvalue weighted by Gasteiger charge is 2.28. The summed E-state index contributed by atoms with van der Waals surface area (Å²) in [6.07, 6.45) is 5.78. The van der Waals surface area contributed by atoms with Crippen LogP contribution in [0.3, 0.4) is 0 Å². The van der Waals surface area contributed by atoms with Gasteiger partial charge in [-0.15, -0.1) is 0 Å². The Bertz CT molecular complexity index is 868. The molecule has 0 aromatic heterocycles. The molecule has 0 spiro atoms. The first-order chi connectivity index (χ1) is 16.1. The highest BCUT2D eigenvalue weighted by Crippen LogP contribution is 2.32. The molecule has 6 nitrogen and oxygen atoms in total. The van der Waals surface area contributed by atoms with Crippen molar-refractivity contribution in [2.45, 2.75) is 51.0 Å². The molecule has 0 saturated carbocycles. The second-order valence-electron chi connectivity index (χ2n) is 8.37. The quantitative estimate of drug-likeness (QED) is 0.392. The average molecular weight is 456 g/mol. The summed E-state index contributed by atoms with van der Waals surface area (Å²) < 4.78 is 18.1. The number of anilines is 2. The van der Waals surface area contributed by atoms with Crippen molar-refractivity contribution in [1.82, 2.24) is 10.2 Å². The fourth-order valence-electron chi connectivity index (χ4n) is 4.25. The number of hydrogen-bond donors (Lipinski definition) is 1. The van der Waals surface area contributed by atoms with Crippen molar-refractivity contribution in [2.24, 2.45) is 0 Å². The number of urea groups is 1. The number of carbonyl (C=O) groups excluding carboxylic acids is 2. The number of unbranched alkanes of at least 4 members (excludes halogenated alkanes) is 3. The van der Waals surface area contributed by atoms with Gasteiger partial charge in [0.15, 0.2) is 0 Å². The van der Waals surface area contributed by atoms with E-state index in [0.29, 0.717) is 26.1 Å². The van der Waals surface area contributed by atoms with Crippen LogP contribution in [0.25, 0.3) is 0 Å². The van der Waals surface area contributed by atoms with Crippen molar-refractivity contribution < 1.29 is 18.7 Å². The van der Waals surface area contributed by atoms with Crippen LogP contribution < -0.4 is 10.2 Å². The van der Waals surface area contributed by atoms with E-state index in [1.807, 2.05) is 35.2 Å². The predicted octanol–water partition coefficient (Wildman–Crippen LogP) is 5.26. The number of methoxy groups -OCH3 is 1. The number of nitrogens with zero attached hydrogens (tertiary/aromatic N) is 2. The maximum Gasteiger partial charge on any atom is 0.317 e. The molecule has 0 bridgehead atoms. The summed E-state index contributed by atoms with van der Waals surface area (Å²) in [5.74, 6) is -0.418. The van der Waals surface area contributed by atoms with Crippen LogP contribution in [0.15, 0.2) is 54.6 Å². The third-order valence-corrected chi connectivity index (χ3v) is 6.07. The Kier molecular flexibility index (Phi) is 9.54. The first-order valence-corrected chi connectivity index (χ1v) is 11.8. The van der Waals surface area contributed by atoms with Crippen LogP contribution in [0.2, 0.25) is 0 Å². The number of carbonyl (C=O) groups is 2. The number of esters is 1. The Hall–Kier alpha value is -3.09. The Morgan fingerprint density at radius 3 is 2.27 bits per heavy atom. The smallest absolute Gasteiger partial charge is 0.317 e. The van der Waals surface area contributed by atoms with Gasteiger partial charge in [0.2, 0.25) is 0 Å². The molecule has 1 heterocycles. The summed E-state index contributed by atoms with van der Waals surface area (Å²) in [7, 11) is 1.41. The molecule has 0 atom stereocenters. The third-order valence-electron chi connectivity index (χ3n) is 6.07. The van der Waals surface area contributed by atoms with E-state index >= 15 is 0 Å². The van der Waals surface area contributed by atoms with E-state index in [1.165, 1.54) is 19.2 Å². The Labute approximate surface area is 195 Å². The van der Waals surface area contributed by atoms with Gasteiger partial charge in [-0.1, -0.05) is 31.0 Å². The Morgan fingerprint density at radius 1 is 0.970 bits per heavy atom. The maximum atomic E-state index is 13.5. The van der Waals surface area contributed by atoms with Crippen LogP contribution in [0, 0.1) is 5.82 Å². The van der Waals surface area contributed by atoms with Gasteiger partial charge < -0.3 is 19.9 Å². The molecular formula is C26H34FN3O3. The first-order valence-electron chi connectivity index (χ1n) is 11.8. The minimum Gasteiger partial charge on any atom is -0.469 e. The fourth-order valence-corrected chi connectivity index (χ4v) is 4.25. The Balaban J connectivity index is 1.45. The fraction of sp³-hybridized carbons (Fsp3) is 0.462. The van der Waals surface area contributed by atoms with Gasteiger partial charge in [0.05, 0.1) is 7.11 Å². The molecule has 2 aromatic carbocycles. The molecule has 2 aromatic rings.